The number of amides is 2. The highest BCUT2D eigenvalue weighted by atomic mass is 32.2. The molecule has 2 saturated heterocycles. The lowest BCUT2D eigenvalue weighted by molar-refractivity contribution is -0.00859. The lowest BCUT2D eigenvalue weighted by atomic mass is 9.65. The van der Waals surface area contributed by atoms with Crippen molar-refractivity contribution >= 4 is 38.7 Å². The maximum atomic E-state index is 15.7. The van der Waals surface area contributed by atoms with Gasteiger partial charge in [0, 0.05) is 63.0 Å². The van der Waals surface area contributed by atoms with E-state index in [1.54, 1.807) is 14.0 Å². The molecule has 280 valence electrons. The van der Waals surface area contributed by atoms with E-state index in [2.05, 4.69) is 22.9 Å². The highest BCUT2D eigenvalue weighted by Gasteiger charge is 2.51. The number of aryl methyl sites for hydroxylation is 2. The molecule has 2 amide bonds. The van der Waals surface area contributed by atoms with Crippen molar-refractivity contribution in [2.24, 2.45) is 5.41 Å². The summed E-state index contributed by atoms with van der Waals surface area (Å²) in [6, 6.07) is 4.31. The molecule has 3 aliphatic heterocycles. The van der Waals surface area contributed by atoms with Crippen molar-refractivity contribution in [2.75, 3.05) is 71.5 Å². The van der Waals surface area contributed by atoms with Crippen molar-refractivity contribution in [3.8, 4) is 5.75 Å². The number of ether oxygens (including phenoxy) is 2. The molecular weight excluding hydrogens is 693 g/mol. The van der Waals surface area contributed by atoms with Crippen LogP contribution in [0.2, 0.25) is 0 Å². The molecule has 13 nitrogen and oxygen atoms in total. The molecule has 2 aromatic carbocycles. The Morgan fingerprint density at radius 2 is 1.83 bits per heavy atom. The summed E-state index contributed by atoms with van der Waals surface area (Å²) < 4.78 is 61.8. The van der Waals surface area contributed by atoms with E-state index < -0.39 is 33.5 Å². The number of carbonyl (C=O) groups is 2. The van der Waals surface area contributed by atoms with Crippen LogP contribution in [-0.4, -0.2) is 107 Å². The first kappa shape index (κ1) is 36.3. The number of methoxy groups -OCH3 is 1. The SMILES string of the molecule is CCOc1cc(C(=O)N2CCc3c(c(=O)oc4c(C)c(N5CCN(C)C(COC)C5)cc(C)c34)C2)c(F)cc1C(=O)NS(=O)(=O)N1CC2(CCC2)C1. The highest BCUT2D eigenvalue weighted by molar-refractivity contribution is 7.87. The molecule has 1 spiro atoms. The summed E-state index contributed by atoms with van der Waals surface area (Å²) in [5.74, 6) is -2.89. The van der Waals surface area contributed by atoms with E-state index in [9.17, 15) is 22.8 Å². The second-order valence-corrected chi connectivity index (χ2v) is 16.4. The summed E-state index contributed by atoms with van der Waals surface area (Å²) >= 11 is 0. The lowest BCUT2D eigenvalue weighted by Gasteiger charge is -2.54. The van der Waals surface area contributed by atoms with E-state index in [-0.39, 0.29) is 48.0 Å². The molecule has 52 heavy (non-hydrogen) atoms. The summed E-state index contributed by atoms with van der Waals surface area (Å²) in [6.07, 6.45) is 3.33. The number of nitrogens with zero attached hydrogens (tertiary/aromatic N) is 4. The minimum absolute atomic E-state index is 0.00597. The van der Waals surface area contributed by atoms with Gasteiger partial charge in [-0.15, -0.1) is 0 Å². The molecule has 1 aliphatic carbocycles. The maximum absolute atomic E-state index is 15.7. The Kier molecular flexibility index (Phi) is 9.59. The molecule has 0 radical (unpaired) electrons. The standard InChI is InChI=1S/C37H46FN5O8S/c1-6-50-31-16-26(29(38)15-27(31)34(44)39-52(47,48)43-20-37(21-43)9-7-10-37)35(45)42-11-8-25-28(18-42)36(46)51-33-23(3)30(14-22(2)32(25)33)41-13-12-40(4)24(17-41)19-49-5/h14-16,24H,6-13,17-21H2,1-5H3,(H,39,44). The number of piperazine rings is 1. The van der Waals surface area contributed by atoms with Gasteiger partial charge in [-0.2, -0.15) is 12.7 Å². The number of hydrogen-bond donors (Lipinski definition) is 1. The van der Waals surface area contributed by atoms with Crippen molar-refractivity contribution in [3.05, 3.63) is 67.8 Å². The quantitative estimate of drug-likeness (QED) is 0.325. The first-order chi connectivity index (χ1) is 24.8. The third-order valence-electron chi connectivity index (χ3n) is 11.4. The largest absolute Gasteiger partial charge is 0.493 e. The predicted octanol–water partition coefficient (Wildman–Crippen LogP) is 3.37. The van der Waals surface area contributed by atoms with Gasteiger partial charge in [-0.25, -0.2) is 13.9 Å². The van der Waals surface area contributed by atoms with E-state index in [1.807, 2.05) is 18.6 Å². The monoisotopic (exact) mass is 739 g/mol. The average molecular weight is 740 g/mol. The fourth-order valence-corrected chi connectivity index (χ4v) is 9.59. The maximum Gasteiger partial charge on any atom is 0.341 e. The minimum Gasteiger partial charge on any atom is -0.493 e. The lowest BCUT2D eigenvalue weighted by Crippen LogP contribution is -2.63. The van der Waals surface area contributed by atoms with Crippen molar-refractivity contribution in [3.63, 3.8) is 0 Å². The van der Waals surface area contributed by atoms with E-state index in [1.165, 1.54) is 9.21 Å². The third-order valence-corrected chi connectivity index (χ3v) is 12.8. The summed E-state index contributed by atoms with van der Waals surface area (Å²) in [7, 11) is -0.353. The molecule has 1 N–H and O–H groups in total. The van der Waals surface area contributed by atoms with Crippen LogP contribution in [0.1, 0.15) is 69.2 Å². The molecular formula is C37H46FN5O8S. The number of benzene rings is 2. The first-order valence-corrected chi connectivity index (χ1v) is 19.3. The van der Waals surface area contributed by atoms with Crippen LogP contribution in [0.5, 0.6) is 5.75 Å². The highest BCUT2D eigenvalue weighted by Crippen LogP contribution is 2.49. The fraction of sp³-hybridized carbons (Fsp3) is 0.541. The van der Waals surface area contributed by atoms with Gasteiger partial charge in [0.05, 0.1) is 42.5 Å². The number of carbonyl (C=O) groups excluding carboxylic acids is 2. The number of nitrogens with one attached hydrogen (secondary N) is 1. The van der Waals surface area contributed by atoms with Gasteiger partial charge in [0.1, 0.15) is 17.1 Å². The summed E-state index contributed by atoms with van der Waals surface area (Å²) in [6.45, 7) is 9.56. The van der Waals surface area contributed by atoms with Crippen LogP contribution in [0.3, 0.4) is 0 Å². The van der Waals surface area contributed by atoms with E-state index in [4.69, 9.17) is 13.9 Å². The molecule has 0 bridgehead atoms. The van der Waals surface area contributed by atoms with Crippen LogP contribution in [0.25, 0.3) is 11.0 Å². The van der Waals surface area contributed by atoms with Crippen molar-refractivity contribution < 1.29 is 36.3 Å². The van der Waals surface area contributed by atoms with Gasteiger partial charge in [-0.05, 0) is 81.8 Å². The molecule has 4 heterocycles. The molecule has 3 fully saturated rings. The molecule has 4 aliphatic rings. The van der Waals surface area contributed by atoms with Gasteiger partial charge >= 0.3 is 15.8 Å². The van der Waals surface area contributed by atoms with Crippen LogP contribution in [-0.2, 0) is 27.9 Å². The number of halogens is 1. The van der Waals surface area contributed by atoms with E-state index in [0.29, 0.717) is 37.3 Å². The van der Waals surface area contributed by atoms with Gasteiger partial charge in [0.25, 0.3) is 11.8 Å². The zero-order valence-electron chi connectivity index (χ0n) is 30.3. The van der Waals surface area contributed by atoms with Gasteiger partial charge in [0.15, 0.2) is 0 Å². The van der Waals surface area contributed by atoms with Gasteiger partial charge in [0.2, 0.25) is 0 Å². The number of anilines is 1. The van der Waals surface area contributed by atoms with E-state index in [0.717, 1.165) is 78.8 Å². The van der Waals surface area contributed by atoms with Crippen LogP contribution in [0, 0.1) is 25.1 Å². The Balaban J connectivity index is 1.13. The van der Waals surface area contributed by atoms with Crippen LogP contribution >= 0.6 is 0 Å². The fourth-order valence-electron chi connectivity index (χ4n) is 8.23. The molecule has 1 unspecified atom stereocenters. The minimum atomic E-state index is -4.14. The van der Waals surface area contributed by atoms with Crippen LogP contribution < -0.4 is 20.0 Å². The second kappa shape index (κ2) is 13.7. The Labute approximate surface area is 302 Å². The Morgan fingerprint density at radius 3 is 2.50 bits per heavy atom. The van der Waals surface area contributed by atoms with Crippen LogP contribution in [0.15, 0.2) is 27.4 Å². The second-order valence-electron chi connectivity index (χ2n) is 14.7. The molecule has 1 atom stereocenters. The summed E-state index contributed by atoms with van der Waals surface area (Å²) in [5, 5.41) is 0.849. The van der Waals surface area contributed by atoms with E-state index >= 15 is 4.39 Å². The van der Waals surface area contributed by atoms with Crippen LogP contribution in [0.4, 0.5) is 10.1 Å². The summed E-state index contributed by atoms with van der Waals surface area (Å²) in [5.41, 5.74) is 3.26. The predicted molar refractivity (Wildman–Crippen MR) is 193 cm³/mol. The normalized spacial score (nSPS) is 20.4. The van der Waals surface area contributed by atoms with Gasteiger partial charge in [-0.3, -0.25) is 14.5 Å². The molecule has 15 heteroatoms. The van der Waals surface area contributed by atoms with Crippen molar-refractivity contribution in [1.82, 2.24) is 18.8 Å². The number of likely N-dealkylation sites (N-methyl/N-ethyl adjacent to an activating group) is 1. The molecule has 3 aromatic rings. The molecule has 1 saturated carbocycles. The van der Waals surface area contributed by atoms with Crippen molar-refractivity contribution in [2.45, 2.75) is 59.0 Å². The summed E-state index contributed by atoms with van der Waals surface area (Å²) in [4.78, 5) is 46.5. The first-order valence-electron chi connectivity index (χ1n) is 17.9. The van der Waals surface area contributed by atoms with Gasteiger partial charge in [-0.1, -0.05) is 6.42 Å². The van der Waals surface area contributed by atoms with Crippen molar-refractivity contribution in [1.29, 1.82) is 0 Å². The number of rotatable bonds is 9. The Hall–Kier alpha value is -4.05. The topological polar surface area (TPSA) is 142 Å². The van der Waals surface area contributed by atoms with Gasteiger partial charge < -0.3 is 23.7 Å². The number of fused-ring (bicyclic) bond motifs is 3. The zero-order chi connectivity index (χ0) is 37.1. The smallest absolute Gasteiger partial charge is 0.341 e. The number of hydrogen-bond acceptors (Lipinski definition) is 10. The zero-order valence-corrected chi connectivity index (χ0v) is 31.2. The Bertz CT molecular complexity index is 2110. The molecule has 1 aromatic heterocycles. The molecule has 7 rings (SSSR count). The average Bonchev–Trinajstić information content (AvgIpc) is 3.06. The third kappa shape index (κ3) is 6.35. The Morgan fingerprint density at radius 1 is 1.08 bits per heavy atom.